The maximum absolute atomic E-state index is 12.8. The van der Waals surface area contributed by atoms with E-state index in [1.807, 2.05) is 13.0 Å². The summed E-state index contributed by atoms with van der Waals surface area (Å²) in [5.74, 6) is 0.545. The van der Waals surface area contributed by atoms with Crippen LogP contribution in [0.5, 0.6) is 5.88 Å². The number of unbranched alkanes of at least 4 members (excludes halogenated alkanes) is 1. The number of nitrogens with zero attached hydrogens (tertiary/aromatic N) is 1. The zero-order valence-electron chi connectivity index (χ0n) is 15.0. The number of nitrogens with one attached hydrogen (secondary N) is 1. The number of pyridine rings is 1. The molecule has 0 saturated heterocycles. The van der Waals surface area contributed by atoms with E-state index in [1.165, 1.54) is 12.8 Å². The van der Waals surface area contributed by atoms with Gasteiger partial charge in [0.25, 0.3) is 5.91 Å². The van der Waals surface area contributed by atoms with Crippen molar-refractivity contribution in [2.45, 2.75) is 70.8 Å². The van der Waals surface area contributed by atoms with Gasteiger partial charge in [0.15, 0.2) is 0 Å². The highest BCUT2D eigenvalue weighted by Gasteiger charge is 2.39. The van der Waals surface area contributed by atoms with Crippen LogP contribution in [-0.4, -0.2) is 29.7 Å². The molecular weight excluding hydrogens is 304 g/mol. The average Bonchev–Trinajstić information content (AvgIpc) is 2.84. The summed E-state index contributed by atoms with van der Waals surface area (Å²) in [5.41, 5.74) is -0.00664. The van der Waals surface area contributed by atoms with Crippen molar-refractivity contribution >= 4 is 11.6 Å². The fourth-order valence-corrected chi connectivity index (χ4v) is 3.12. The maximum Gasteiger partial charge on any atom is 0.256 e. The number of anilines is 1. The molecular formula is C19H30N2O3. The van der Waals surface area contributed by atoms with Gasteiger partial charge in [-0.3, -0.25) is 4.79 Å². The Labute approximate surface area is 145 Å². The molecule has 0 bridgehead atoms. The van der Waals surface area contributed by atoms with Crippen molar-refractivity contribution in [3.05, 3.63) is 18.3 Å². The van der Waals surface area contributed by atoms with E-state index in [9.17, 15) is 4.79 Å². The predicted molar refractivity (Wildman–Crippen MR) is 95.3 cm³/mol. The SMILES string of the molecule is CCCCOc1ccc(NC(=O)C2(OCC)CCCCCC2)cn1. The highest BCUT2D eigenvalue weighted by atomic mass is 16.5. The summed E-state index contributed by atoms with van der Waals surface area (Å²) in [4.78, 5) is 17.1. The first kappa shape index (κ1) is 18.7. The molecule has 1 heterocycles. The fourth-order valence-electron chi connectivity index (χ4n) is 3.12. The van der Waals surface area contributed by atoms with Gasteiger partial charge in [-0.1, -0.05) is 39.0 Å². The molecule has 24 heavy (non-hydrogen) atoms. The van der Waals surface area contributed by atoms with Gasteiger partial charge in [-0.15, -0.1) is 0 Å². The molecule has 1 aliphatic rings. The Hall–Kier alpha value is -1.62. The fraction of sp³-hybridized carbons (Fsp3) is 0.684. The lowest BCUT2D eigenvalue weighted by molar-refractivity contribution is -0.143. The molecule has 5 nitrogen and oxygen atoms in total. The topological polar surface area (TPSA) is 60.5 Å². The van der Waals surface area contributed by atoms with E-state index in [0.717, 1.165) is 38.5 Å². The molecule has 5 heteroatoms. The molecule has 1 aliphatic carbocycles. The van der Waals surface area contributed by atoms with Crippen molar-refractivity contribution in [2.75, 3.05) is 18.5 Å². The third-order valence-corrected chi connectivity index (χ3v) is 4.49. The molecule has 1 amide bonds. The number of rotatable bonds is 8. The second-order valence-corrected chi connectivity index (χ2v) is 6.38. The predicted octanol–water partition coefficient (Wildman–Crippen LogP) is 4.33. The molecule has 0 unspecified atom stereocenters. The Morgan fingerprint density at radius 1 is 1.21 bits per heavy atom. The Morgan fingerprint density at radius 2 is 1.96 bits per heavy atom. The summed E-state index contributed by atoms with van der Waals surface area (Å²) >= 11 is 0. The number of hydrogen-bond donors (Lipinski definition) is 1. The summed E-state index contributed by atoms with van der Waals surface area (Å²) in [6.07, 6.45) is 9.75. The van der Waals surface area contributed by atoms with Gasteiger partial charge >= 0.3 is 0 Å². The molecule has 1 aromatic rings. The van der Waals surface area contributed by atoms with Crippen molar-refractivity contribution in [3.8, 4) is 5.88 Å². The zero-order valence-corrected chi connectivity index (χ0v) is 15.0. The number of hydrogen-bond acceptors (Lipinski definition) is 4. The largest absolute Gasteiger partial charge is 0.478 e. The molecule has 1 saturated carbocycles. The summed E-state index contributed by atoms with van der Waals surface area (Å²) in [6.45, 7) is 5.29. The van der Waals surface area contributed by atoms with E-state index in [0.29, 0.717) is 24.8 Å². The first-order chi connectivity index (χ1) is 11.7. The van der Waals surface area contributed by atoms with E-state index in [4.69, 9.17) is 9.47 Å². The van der Waals surface area contributed by atoms with Gasteiger partial charge in [0.1, 0.15) is 5.60 Å². The first-order valence-corrected chi connectivity index (χ1v) is 9.24. The summed E-state index contributed by atoms with van der Waals surface area (Å²) in [7, 11) is 0. The monoisotopic (exact) mass is 334 g/mol. The van der Waals surface area contributed by atoms with Crippen molar-refractivity contribution in [2.24, 2.45) is 0 Å². The normalized spacial score (nSPS) is 17.1. The van der Waals surface area contributed by atoms with Gasteiger partial charge in [0, 0.05) is 12.7 Å². The molecule has 134 valence electrons. The van der Waals surface area contributed by atoms with Crippen LogP contribution in [0.2, 0.25) is 0 Å². The van der Waals surface area contributed by atoms with Gasteiger partial charge in [-0.05, 0) is 32.3 Å². The van der Waals surface area contributed by atoms with E-state index < -0.39 is 5.60 Å². The first-order valence-electron chi connectivity index (χ1n) is 9.24. The molecule has 0 aliphatic heterocycles. The van der Waals surface area contributed by atoms with Crippen LogP contribution in [0.1, 0.15) is 65.2 Å². The number of ether oxygens (including phenoxy) is 2. The van der Waals surface area contributed by atoms with Crippen LogP contribution in [0, 0.1) is 0 Å². The Kier molecular flexibility index (Phi) is 7.50. The van der Waals surface area contributed by atoms with E-state index in [1.54, 1.807) is 12.3 Å². The van der Waals surface area contributed by atoms with Crippen LogP contribution in [0.4, 0.5) is 5.69 Å². The standard InChI is InChI=1S/C19H30N2O3/c1-3-5-14-23-17-11-10-16(15-20-17)21-18(22)19(24-4-2)12-8-6-7-9-13-19/h10-11,15H,3-9,12-14H2,1-2H3,(H,21,22). The third kappa shape index (κ3) is 5.20. The smallest absolute Gasteiger partial charge is 0.256 e. The minimum Gasteiger partial charge on any atom is -0.478 e. The molecule has 2 rings (SSSR count). The van der Waals surface area contributed by atoms with Crippen LogP contribution in [0.3, 0.4) is 0 Å². The van der Waals surface area contributed by atoms with Crippen LogP contribution >= 0.6 is 0 Å². The summed E-state index contributed by atoms with van der Waals surface area (Å²) in [5, 5.41) is 2.98. The summed E-state index contributed by atoms with van der Waals surface area (Å²) < 4.78 is 11.5. The third-order valence-electron chi connectivity index (χ3n) is 4.49. The quantitative estimate of drug-likeness (QED) is 0.568. The molecule has 0 atom stereocenters. The molecule has 1 aromatic heterocycles. The van der Waals surface area contributed by atoms with Crippen LogP contribution < -0.4 is 10.1 Å². The van der Waals surface area contributed by atoms with Crippen molar-refractivity contribution in [3.63, 3.8) is 0 Å². The Morgan fingerprint density at radius 3 is 2.54 bits per heavy atom. The number of carbonyl (C=O) groups excluding carboxylic acids is 1. The van der Waals surface area contributed by atoms with E-state index in [-0.39, 0.29) is 5.91 Å². The highest BCUT2D eigenvalue weighted by molar-refractivity contribution is 5.97. The molecule has 1 fully saturated rings. The Bertz CT molecular complexity index is 494. The van der Waals surface area contributed by atoms with Gasteiger partial charge < -0.3 is 14.8 Å². The minimum absolute atomic E-state index is 0.0484. The lowest BCUT2D eigenvalue weighted by Crippen LogP contribution is -2.45. The van der Waals surface area contributed by atoms with Gasteiger partial charge in [-0.25, -0.2) is 4.98 Å². The highest BCUT2D eigenvalue weighted by Crippen LogP contribution is 2.32. The second kappa shape index (κ2) is 9.62. The minimum atomic E-state index is -0.693. The molecule has 1 N–H and O–H groups in total. The van der Waals surface area contributed by atoms with Crippen LogP contribution in [-0.2, 0) is 9.53 Å². The van der Waals surface area contributed by atoms with Crippen molar-refractivity contribution in [1.82, 2.24) is 4.98 Å². The van der Waals surface area contributed by atoms with Crippen molar-refractivity contribution in [1.29, 1.82) is 0 Å². The number of amides is 1. The van der Waals surface area contributed by atoms with Gasteiger partial charge in [0.2, 0.25) is 5.88 Å². The lowest BCUT2D eigenvalue weighted by atomic mass is 9.93. The number of carbonyl (C=O) groups is 1. The maximum atomic E-state index is 12.8. The van der Waals surface area contributed by atoms with Gasteiger partial charge in [-0.2, -0.15) is 0 Å². The molecule has 0 aromatic carbocycles. The zero-order chi connectivity index (χ0) is 17.3. The van der Waals surface area contributed by atoms with E-state index in [2.05, 4.69) is 17.2 Å². The summed E-state index contributed by atoms with van der Waals surface area (Å²) in [6, 6.07) is 3.63. The molecule has 0 radical (unpaired) electrons. The Balaban J connectivity index is 1.98. The van der Waals surface area contributed by atoms with E-state index >= 15 is 0 Å². The van der Waals surface area contributed by atoms with Crippen molar-refractivity contribution < 1.29 is 14.3 Å². The average molecular weight is 334 g/mol. The van der Waals surface area contributed by atoms with Crippen LogP contribution in [0.15, 0.2) is 18.3 Å². The second-order valence-electron chi connectivity index (χ2n) is 6.38. The van der Waals surface area contributed by atoms with Gasteiger partial charge in [0.05, 0.1) is 18.5 Å². The van der Waals surface area contributed by atoms with Crippen LogP contribution in [0.25, 0.3) is 0 Å². The number of aromatic nitrogens is 1. The molecule has 0 spiro atoms. The lowest BCUT2D eigenvalue weighted by Gasteiger charge is -2.31.